The van der Waals surface area contributed by atoms with Gasteiger partial charge in [0.25, 0.3) is 0 Å². The molecule has 1 amide bonds. The molecular weight excluding hydrogens is 435 g/mol. The fourth-order valence-electron chi connectivity index (χ4n) is 3.52. The van der Waals surface area contributed by atoms with Gasteiger partial charge in [-0.15, -0.1) is 10.2 Å². The first-order chi connectivity index (χ1) is 15.5. The molecule has 5 rings (SSSR count). The van der Waals surface area contributed by atoms with E-state index in [9.17, 15) is 14.0 Å². The number of nitrogens with zero attached hydrogens (tertiary/aromatic N) is 3. The minimum Gasteiger partial charge on any atom is -0.454 e. The first kappa shape index (κ1) is 20.5. The van der Waals surface area contributed by atoms with Crippen molar-refractivity contribution in [2.75, 3.05) is 17.9 Å². The maximum atomic E-state index is 14.3. The van der Waals surface area contributed by atoms with Crippen LogP contribution in [0.4, 0.5) is 10.1 Å². The highest BCUT2D eigenvalue weighted by Crippen LogP contribution is 2.41. The van der Waals surface area contributed by atoms with E-state index in [1.54, 1.807) is 30.3 Å². The Kier molecular flexibility index (Phi) is 5.30. The standard InChI is InChI=1S/C22H19FN4O4S/c1-12(28)15-8-18-19(31-11-30-18)9-17(15)24-20(29)10-32-22-26-25-21(27(22)13-6-7-13)14-4-2-3-5-16(14)23/h2-5,8-9,13H,6-7,10-11H2,1H3,(H,24,29). The second kappa shape index (κ2) is 8.27. The summed E-state index contributed by atoms with van der Waals surface area (Å²) in [6.45, 7) is 1.49. The van der Waals surface area contributed by atoms with Crippen molar-refractivity contribution in [2.24, 2.45) is 0 Å². The van der Waals surface area contributed by atoms with E-state index in [4.69, 9.17) is 9.47 Å². The summed E-state index contributed by atoms with van der Waals surface area (Å²) in [6, 6.07) is 9.79. The number of amides is 1. The summed E-state index contributed by atoms with van der Waals surface area (Å²) in [5, 5.41) is 11.7. The third kappa shape index (κ3) is 3.93. The normalized spacial score (nSPS) is 14.4. The van der Waals surface area contributed by atoms with Crippen LogP contribution >= 0.6 is 11.8 Å². The van der Waals surface area contributed by atoms with Crippen molar-refractivity contribution < 1.29 is 23.5 Å². The van der Waals surface area contributed by atoms with Crippen LogP contribution in [0.5, 0.6) is 11.5 Å². The molecule has 8 nitrogen and oxygen atoms in total. The summed E-state index contributed by atoms with van der Waals surface area (Å²) in [6.07, 6.45) is 1.91. The first-order valence-corrected chi connectivity index (χ1v) is 11.1. The minimum absolute atomic E-state index is 0.0495. The molecule has 0 radical (unpaired) electrons. The van der Waals surface area contributed by atoms with E-state index in [1.165, 1.54) is 24.8 Å². The average molecular weight is 454 g/mol. The molecule has 0 atom stereocenters. The SMILES string of the molecule is CC(=O)c1cc2c(cc1NC(=O)CSc1nnc(-c3ccccc3F)n1C1CC1)OCO2. The molecule has 0 bridgehead atoms. The van der Waals surface area contributed by atoms with E-state index < -0.39 is 0 Å². The van der Waals surface area contributed by atoms with Crippen LogP contribution in [0, 0.1) is 5.82 Å². The Balaban J connectivity index is 1.33. The van der Waals surface area contributed by atoms with Crippen LogP contribution in [0.3, 0.4) is 0 Å². The van der Waals surface area contributed by atoms with Crippen molar-refractivity contribution in [2.45, 2.75) is 31.0 Å². The number of aromatic nitrogens is 3. The number of benzene rings is 2. The monoisotopic (exact) mass is 454 g/mol. The molecule has 2 aromatic carbocycles. The lowest BCUT2D eigenvalue weighted by atomic mass is 10.1. The molecule has 1 saturated carbocycles. The number of halogens is 1. The molecule has 10 heteroatoms. The molecule has 1 aliphatic carbocycles. The molecule has 1 aliphatic heterocycles. The maximum Gasteiger partial charge on any atom is 0.234 e. The van der Waals surface area contributed by atoms with Gasteiger partial charge in [0, 0.05) is 17.7 Å². The Hall–Kier alpha value is -3.40. The lowest BCUT2D eigenvalue weighted by molar-refractivity contribution is -0.113. The smallest absolute Gasteiger partial charge is 0.234 e. The molecule has 1 N–H and O–H groups in total. The summed E-state index contributed by atoms with van der Waals surface area (Å²) in [7, 11) is 0. The summed E-state index contributed by atoms with van der Waals surface area (Å²) in [4.78, 5) is 24.7. The highest BCUT2D eigenvalue weighted by Gasteiger charge is 2.31. The van der Waals surface area contributed by atoms with Gasteiger partial charge in [-0.25, -0.2) is 4.39 Å². The molecule has 1 fully saturated rings. The number of hydrogen-bond acceptors (Lipinski definition) is 7. The summed E-state index contributed by atoms with van der Waals surface area (Å²) < 4.78 is 26.9. The lowest BCUT2D eigenvalue weighted by Crippen LogP contribution is -2.16. The van der Waals surface area contributed by atoms with Crippen molar-refractivity contribution in [3.05, 3.63) is 47.8 Å². The third-order valence-electron chi connectivity index (χ3n) is 5.19. The number of ether oxygens (including phenoxy) is 2. The zero-order valence-corrected chi connectivity index (χ0v) is 17.9. The van der Waals surface area contributed by atoms with Crippen molar-refractivity contribution >= 4 is 29.1 Å². The van der Waals surface area contributed by atoms with Gasteiger partial charge < -0.3 is 14.8 Å². The summed E-state index contributed by atoms with van der Waals surface area (Å²) in [5.74, 6) is 0.581. The molecule has 1 aromatic heterocycles. The van der Waals surface area contributed by atoms with Gasteiger partial charge in [-0.3, -0.25) is 14.2 Å². The lowest BCUT2D eigenvalue weighted by Gasteiger charge is -2.11. The number of fused-ring (bicyclic) bond motifs is 1. The second-order valence-electron chi connectivity index (χ2n) is 7.53. The van der Waals surface area contributed by atoms with Crippen LogP contribution in [0.15, 0.2) is 41.6 Å². The van der Waals surface area contributed by atoms with Crippen LogP contribution in [-0.2, 0) is 4.79 Å². The van der Waals surface area contributed by atoms with Crippen molar-refractivity contribution in [3.63, 3.8) is 0 Å². The van der Waals surface area contributed by atoms with Crippen molar-refractivity contribution in [1.82, 2.24) is 14.8 Å². The number of hydrogen-bond donors (Lipinski definition) is 1. The molecule has 0 spiro atoms. The Morgan fingerprint density at radius 1 is 1.19 bits per heavy atom. The van der Waals surface area contributed by atoms with E-state index in [1.807, 2.05) is 4.57 Å². The zero-order valence-electron chi connectivity index (χ0n) is 17.1. The Morgan fingerprint density at radius 2 is 1.94 bits per heavy atom. The number of ketones is 1. The van der Waals surface area contributed by atoms with Gasteiger partial charge in [0.2, 0.25) is 12.7 Å². The molecule has 2 heterocycles. The van der Waals surface area contributed by atoms with E-state index in [0.717, 1.165) is 12.8 Å². The molecule has 32 heavy (non-hydrogen) atoms. The van der Waals surface area contributed by atoms with Gasteiger partial charge in [0.05, 0.1) is 17.0 Å². The summed E-state index contributed by atoms with van der Waals surface area (Å²) >= 11 is 1.22. The minimum atomic E-state index is -0.365. The quantitative estimate of drug-likeness (QED) is 0.425. The fraction of sp³-hybridized carbons (Fsp3) is 0.273. The van der Waals surface area contributed by atoms with Crippen LogP contribution in [0.2, 0.25) is 0 Å². The topological polar surface area (TPSA) is 95.3 Å². The average Bonchev–Trinajstić information content (AvgIpc) is 3.35. The zero-order chi connectivity index (χ0) is 22.2. The highest BCUT2D eigenvalue weighted by molar-refractivity contribution is 7.99. The van der Waals surface area contributed by atoms with Crippen LogP contribution in [0.1, 0.15) is 36.2 Å². The highest BCUT2D eigenvalue weighted by atomic mass is 32.2. The second-order valence-corrected chi connectivity index (χ2v) is 8.47. The Labute approximate surface area is 187 Å². The fourth-order valence-corrected chi connectivity index (χ4v) is 4.32. The Morgan fingerprint density at radius 3 is 2.66 bits per heavy atom. The molecule has 0 saturated heterocycles. The van der Waals surface area contributed by atoms with Gasteiger partial charge in [0.15, 0.2) is 28.3 Å². The number of carbonyl (C=O) groups excluding carboxylic acids is 2. The first-order valence-electron chi connectivity index (χ1n) is 10.1. The van der Waals surface area contributed by atoms with Crippen molar-refractivity contribution in [3.8, 4) is 22.9 Å². The molecule has 3 aromatic rings. The van der Waals surface area contributed by atoms with E-state index >= 15 is 0 Å². The predicted molar refractivity (Wildman–Crippen MR) is 116 cm³/mol. The van der Waals surface area contributed by atoms with E-state index in [0.29, 0.717) is 39.3 Å². The molecule has 0 unspecified atom stereocenters. The predicted octanol–water partition coefficient (Wildman–Crippen LogP) is 4.08. The number of Topliss-reactive ketones (excluding diaryl/α,β-unsaturated/α-hetero) is 1. The summed E-state index contributed by atoms with van der Waals surface area (Å²) in [5.41, 5.74) is 1.09. The number of thioether (sulfide) groups is 1. The van der Waals surface area contributed by atoms with Gasteiger partial charge in [-0.2, -0.15) is 0 Å². The Bertz CT molecular complexity index is 1220. The van der Waals surface area contributed by atoms with E-state index in [2.05, 4.69) is 15.5 Å². The third-order valence-corrected chi connectivity index (χ3v) is 6.13. The number of rotatable bonds is 7. The van der Waals surface area contributed by atoms with Crippen LogP contribution in [0.25, 0.3) is 11.4 Å². The van der Waals surface area contributed by atoms with Crippen LogP contribution < -0.4 is 14.8 Å². The maximum absolute atomic E-state index is 14.3. The molecular formula is C22H19FN4O4S. The number of anilines is 1. The van der Waals surface area contributed by atoms with Gasteiger partial charge in [0.1, 0.15) is 5.82 Å². The van der Waals surface area contributed by atoms with Crippen molar-refractivity contribution in [1.29, 1.82) is 0 Å². The number of carbonyl (C=O) groups is 2. The molecule has 164 valence electrons. The van der Waals surface area contributed by atoms with Gasteiger partial charge in [-0.1, -0.05) is 23.9 Å². The largest absolute Gasteiger partial charge is 0.454 e. The molecule has 2 aliphatic rings. The van der Waals surface area contributed by atoms with Crippen LogP contribution in [-0.4, -0.2) is 39.0 Å². The van der Waals surface area contributed by atoms with Gasteiger partial charge >= 0.3 is 0 Å². The van der Waals surface area contributed by atoms with Gasteiger partial charge in [-0.05, 0) is 38.0 Å². The number of nitrogens with one attached hydrogen (secondary N) is 1. The van der Waals surface area contributed by atoms with E-state index in [-0.39, 0.29) is 36.1 Å².